The van der Waals surface area contributed by atoms with Crippen molar-refractivity contribution in [3.8, 4) is 16.2 Å². The Balaban J connectivity index is 1.68. The molecule has 0 bridgehead atoms. The standard InChI is InChI=1S/C22H30N4O4S/c1-12-18(31-11-25-12)13-5-6-14(17(28)7-13)9-24-20(29)16-8-15(27)10-26(16)21(30)19(23)22(2,3)4/h5-7,11,15-16,19,27-28H,8-10,23H2,1-4H3,(H,24,29)/t15-,16-,19?/m1/s1. The molecule has 0 saturated carbocycles. The summed E-state index contributed by atoms with van der Waals surface area (Å²) in [4.78, 5) is 32.2. The summed E-state index contributed by atoms with van der Waals surface area (Å²) in [5, 5.41) is 23.3. The topological polar surface area (TPSA) is 129 Å². The molecule has 1 saturated heterocycles. The number of nitrogens with two attached hydrogens (primary N) is 1. The van der Waals surface area contributed by atoms with Crippen LogP contribution < -0.4 is 11.1 Å². The number of thiazole rings is 1. The Morgan fingerprint density at radius 2 is 2.10 bits per heavy atom. The fourth-order valence-electron chi connectivity index (χ4n) is 3.59. The van der Waals surface area contributed by atoms with E-state index >= 15 is 0 Å². The lowest BCUT2D eigenvalue weighted by Crippen LogP contribution is -2.54. The molecule has 9 heteroatoms. The molecule has 0 aliphatic carbocycles. The van der Waals surface area contributed by atoms with Gasteiger partial charge in [-0.2, -0.15) is 0 Å². The highest BCUT2D eigenvalue weighted by Gasteiger charge is 2.42. The normalized spacial score (nSPS) is 20.0. The fraction of sp³-hybridized carbons (Fsp3) is 0.500. The average Bonchev–Trinajstić information content (AvgIpc) is 3.30. The van der Waals surface area contributed by atoms with E-state index in [0.29, 0.717) is 5.56 Å². The van der Waals surface area contributed by atoms with Crippen LogP contribution in [0.5, 0.6) is 5.75 Å². The van der Waals surface area contributed by atoms with Crippen molar-refractivity contribution < 1.29 is 19.8 Å². The van der Waals surface area contributed by atoms with Crippen molar-refractivity contribution in [2.45, 2.75) is 58.8 Å². The van der Waals surface area contributed by atoms with Gasteiger partial charge in [-0.3, -0.25) is 9.59 Å². The second-order valence-corrected chi connectivity index (χ2v) is 9.92. The number of aliphatic hydroxyl groups excluding tert-OH is 1. The number of phenols is 1. The summed E-state index contributed by atoms with van der Waals surface area (Å²) in [5.41, 5.74) is 9.69. The third kappa shape index (κ3) is 5.06. The van der Waals surface area contributed by atoms with E-state index in [2.05, 4.69) is 10.3 Å². The number of aliphatic hydroxyl groups is 1. The van der Waals surface area contributed by atoms with Crippen LogP contribution in [0.15, 0.2) is 23.7 Å². The summed E-state index contributed by atoms with van der Waals surface area (Å²) < 4.78 is 0. The molecule has 1 unspecified atom stereocenters. The molecule has 1 aromatic heterocycles. The predicted molar refractivity (Wildman–Crippen MR) is 119 cm³/mol. The molecule has 2 aromatic rings. The number of hydrogen-bond acceptors (Lipinski definition) is 7. The number of carbonyl (C=O) groups is 2. The van der Waals surface area contributed by atoms with Crippen LogP contribution in [-0.4, -0.2) is 56.6 Å². The van der Waals surface area contributed by atoms with Crippen molar-refractivity contribution in [3.05, 3.63) is 35.0 Å². The zero-order valence-corrected chi connectivity index (χ0v) is 19.1. The molecular formula is C22H30N4O4S. The Hall–Kier alpha value is -2.49. The molecule has 3 rings (SSSR count). The number of aromatic hydroxyl groups is 1. The van der Waals surface area contributed by atoms with E-state index in [0.717, 1.165) is 16.1 Å². The number of rotatable bonds is 5. The van der Waals surface area contributed by atoms with Crippen LogP contribution in [0.1, 0.15) is 38.4 Å². The molecule has 1 aliphatic heterocycles. The van der Waals surface area contributed by atoms with Crippen LogP contribution in [0.3, 0.4) is 0 Å². The van der Waals surface area contributed by atoms with Gasteiger partial charge in [0.1, 0.15) is 11.8 Å². The third-order valence-corrected chi connectivity index (χ3v) is 6.59. The van der Waals surface area contributed by atoms with Gasteiger partial charge in [0.05, 0.1) is 28.2 Å². The molecule has 2 heterocycles. The quantitative estimate of drug-likeness (QED) is 0.554. The maximum Gasteiger partial charge on any atom is 0.243 e. The lowest BCUT2D eigenvalue weighted by atomic mass is 9.86. The third-order valence-electron chi connectivity index (χ3n) is 5.61. The van der Waals surface area contributed by atoms with Crippen LogP contribution in [0.4, 0.5) is 0 Å². The van der Waals surface area contributed by atoms with E-state index < -0.39 is 23.6 Å². The number of β-amino-alcohol motifs (C(OH)–C–C–N with tert-alkyl or cyclic N) is 1. The smallest absolute Gasteiger partial charge is 0.243 e. The van der Waals surface area contributed by atoms with Crippen molar-refractivity contribution in [3.63, 3.8) is 0 Å². The first-order valence-electron chi connectivity index (χ1n) is 10.2. The van der Waals surface area contributed by atoms with Gasteiger partial charge in [-0.25, -0.2) is 4.98 Å². The fourth-order valence-corrected chi connectivity index (χ4v) is 4.39. The molecule has 0 radical (unpaired) electrons. The Bertz CT molecular complexity index is 969. The Morgan fingerprint density at radius 3 is 2.68 bits per heavy atom. The van der Waals surface area contributed by atoms with Gasteiger partial charge in [-0.05, 0) is 24.0 Å². The Morgan fingerprint density at radius 1 is 1.39 bits per heavy atom. The summed E-state index contributed by atoms with van der Waals surface area (Å²) in [5.74, 6) is -0.663. The zero-order valence-electron chi connectivity index (χ0n) is 18.3. The number of carbonyl (C=O) groups excluding carboxylic acids is 2. The van der Waals surface area contributed by atoms with E-state index in [1.807, 2.05) is 33.8 Å². The highest BCUT2D eigenvalue weighted by Crippen LogP contribution is 2.31. The molecule has 31 heavy (non-hydrogen) atoms. The summed E-state index contributed by atoms with van der Waals surface area (Å²) in [6.07, 6.45) is -0.619. The largest absolute Gasteiger partial charge is 0.508 e. The number of aryl methyl sites for hydroxylation is 1. The molecule has 5 N–H and O–H groups in total. The van der Waals surface area contributed by atoms with Crippen molar-refractivity contribution in [2.75, 3.05) is 6.54 Å². The van der Waals surface area contributed by atoms with Crippen molar-refractivity contribution in [1.29, 1.82) is 0 Å². The first kappa shape index (κ1) is 23.2. The SMILES string of the molecule is Cc1ncsc1-c1ccc(CNC(=O)[C@H]2C[C@@H](O)CN2C(=O)C(N)C(C)(C)C)c(O)c1. The summed E-state index contributed by atoms with van der Waals surface area (Å²) in [7, 11) is 0. The van der Waals surface area contributed by atoms with Gasteiger partial charge in [0.2, 0.25) is 11.8 Å². The first-order valence-corrected chi connectivity index (χ1v) is 11.1. The number of nitrogens with zero attached hydrogens (tertiary/aromatic N) is 2. The number of phenolic OH excluding ortho intramolecular Hbond substituents is 1. The minimum absolute atomic E-state index is 0.0692. The number of amides is 2. The van der Waals surface area contributed by atoms with Gasteiger partial charge in [0.25, 0.3) is 0 Å². The summed E-state index contributed by atoms with van der Waals surface area (Å²) in [6.45, 7) is 7.67. The highest BCUT2D eigenvalue weighted by atomic mass is 32.1. The maximum atomic E-state index is 12.8. The molecule has 168 valence electrons. The van der Waals surface area contributed by atoms with E-state index in [9.17, 15) is 19.8 Å². The second kappa shape index (κ2) is 8.94. The number of hydrogen-bond donors (Lipinski definition) is 4. The van der Waals surface area contributed by atoms with Crippen molar-refractivity contribution in [1.82, 2.24) is 15.2 Å². The van der Waals surface area contributed by atoms with E-state index in [1.165, 1.54) is 16.2 Å². The molecule has 3 atom stereocenters. The van der Waals surface area contributed by atoms with Gasteiger partial charge in [-0.15, -0.1) is 11.3 Å². The van der Waals surface area contributed by atoms with Crippen LogP contribution in [0, 0.1) is 12.3 Å². The zero-order chi connectivity index (χ0) is 22.9. The molecular weight excluding hydrogens is 416 g/mol. The van der Waals surface area contributed by atoms with Crippen LogP contribution >= 0.6 is 11.3 Å². The van der Waals surface area contributed by atoms with Crippen molar-refractivity contribution >= 4 is 23.2 Å². The lowest BCUT2D eigenvalue weighted by Gasteiger charge is -2.32. The summed E-state index contributed by atoms with van der Waals surface area (Å²) in [6, 6.07) is 3.71. The molecule has 2 amide bonds. The van der Waals surface area contributed by atoms with E-state index in [1.54, 1.807) is 17.6 Å². The van der Waals surface area contributed by atoms with Gasteiger partial charge in [0.15, 0.2) is 0 Å². The second-order valence-electron chi connectivity index (χ2n) is 9.07. The monoisotopic (exact) mass is 446 g/mol. The van der Waals surface area contributed by atoms with Crippen LogP contribution in [0.25, 0.3) is 10.4 Å². The van der Waals surface area contributed by atoms with Gasteiger partial charge in [0, 0.05) is 25.1 Å². The maximum absolute atomic E-state index is 12.8. The molecule has 8 nitrogen and oxygen atoms in total. The van der Waals surface area contributed by atoms with Crippen LogP contribution in [-0.2, 0) is 16.1 Å². The Labute approximate surface area is 186 Å². The van der Waals surface area contributed by atoms with Gasteiger partial charge >= 0.3 is 0 Å². The predicted octanol–water partition coefficient (Wildman–Crippen LogP) is 1.78. The van der Waals surface area contributed by atoms with Crippen molar-refractivity contribution in [2.24, 2.45) is 11.1 Å². The lowest BCUT2D eigenvalue weighted by molar-refractivity contribution is -0.141. The highest BCUT2D eigenvalue weighted by molar-refractivity contribution is 7.13. The molecule has 1 aliphatic rings. The van der Waals surface area contributed by atoms with E-state index in [4.69, 9.17) is 5.73 Å². The average molecular weight is 447 g/mol. The number of likely N-dealkylation sites (tertiary alicyclic amines) is 1. The number of benzene rings is 1. The first-order chi connectivity index (χ1) is 14.5. The minimum Gasteiger partial charge on any atom is -0.508 e. The van der Waals surface area contributed by atoms with Gasteiger partial charge in [-0.1, -0.05) is 32.9 Å². The van der Waals surface area contributed by atoms with Gasteiger partial charge < -0.3 is 26.2 Å². The molecule has 0 spiro atoms. The summed E-state index contributed by atoms with van der Waals surface area (Å²) >= 11 is 1.50. The molecule has 1 fully saturated rings. The number of aromatic nitrogens is 1. The minimum atomic E-state index is -0.794. The molecule has 1 aromatic carbocycles. The van der Waals surface area contributed by atoms with E-state index in [-0.39, 0.29) is 37.1 Å². The Kier molecular flexibility index (Phi) is 6.68. The van der Waals surface area contributed by atoms with Crippen LogP contribution in [0.2, 0.25) is 0 Å². The number of nitrogens with one attached hydrogen (secondary N) is 1.